The first kappa shape index (κ1) is 10.3. The van der Waals surface area contributed by atoms with Gasteiger partial charge in [0.2, 0.25) is 0 Å². The Morgan fingerprint density at radius 3 is 2.00 bits per heavy atom. The predicted octanol–water partition coefficient (Wildman–Crippen LogP) is 1.45. The third kappa shape index (κ3) is 1.56. The van der Waals surface area contributed by atoms with Gasteiger partial charge in [0.05, 0.1) is 5.69 Å². The van der Waals surface area contributed by atoms with Crippen molar-refractivity contribution in [2.75, 3.05) is 11.5 Å². The van der Waals surface area contributed by atoms with E-state index in [1.807, 2.05) is 0 Å². The Hall–Kier alpha value is -2.18. The van der Waals surface area contributed by atoms with Crippen molar-refractivity contribution in [1.29, 1.82) is 0 Å². The van der Waals surface area contributed by atoms with Gasteiger partial charge in [0.15, 0.2) is 17.5 Å². The molecule has 2 rings (SSSR count). The van der Waals surface area contributed by atoms with Crippen LogP contribution in [-0.2, 0) is 0 Å². The number of nitrogen functional groups attached to an aromatic ring is 2. The second-order valence-electron chi connectivity index (χ2n) is 3.13. The highest BCUT2D eigenvalue weighted by Crippen LogP contribution is 2.20. The lowest BCUT2D eigenvalue weighted by Crippen LogP contribution is -2.04. The first-order valence-electron chi connectivity index (χ1n) is 4.25. The van der Waals surface area contributed by atoms with Gasteiger partial charge in [-0.25, -0.2) is 17.9 Å². The Morgan fingerprint density at radius 1 is 1.00 bits per heavy atom. The molecule has 0 aliphatic carbocycles. The van der Waals surface area contributed by atoms with Crippen molar-refractivity contribution < 1.29 is 13.2 Å². The number of nitrogens with zero attached hydrogens (tertiary/aromatic N) is 2. The van der Waals surface area contributed by atoms with Gasteiger partial charge < -0.3 is 11.5 Å². The minimum Gasteiger partial charge on any atom is -0.384 e. The predicted molar refractivity (Wildman–Crippen MR) is 52.3 cm³/mol. The van der Waals surface area contributed by atoms with Crippen molar-refractivity contribution in [3.05, 3.63) is 35.7 Å². The molecule has 0 unspecified atom stereocenters. The zero-order chi connectivity index (χ0) is 11.9. The Kier molecular flexibility index (Phi) is 2.22. The fourth-order valence-electron chi connectivity index (χ4n) is 1.29. The molecule has 0 amide bonds. The van der Waals surface area contributed by atoms with Crippen LogP contribution in [0.15, 0.2) is 18.2 Å². The van der Waals surface area contributed by atoms with Gasteiger partial charge in [-0.15, -0.1) is 5.10 Å². The molecule has 0 atom stereocenters. The lowest BCUT2D eigenvalue weighted by molar-refractivity contribution is 0.446. The van der Waals surface area contributed by atoms with Crippen LogP contribution in [0.1, 0.15) is 0 Å². The van der Waals surface area contributed by atoms with E-state index >= 15 is 0 Å². The highest BCUT2D eigenvalue weighted by Gasteiger charge is 2.13. The summed E-state index contributed by atoms with van der Waals surface area (Å²) < 4.78 is 39.6. The smallest absolute Gasteiger partial charge is 0.194 e. The molecule has 16 heavy (non-hydrogen) atoms. The lowest BCUT2D eigenvalue weighted by Gasteiger charge is -2.04. The highest BCUT2D eigenvalue weighted by atomic mass is 19.2. The maximum absolute atomic E-state index is 12.9. The summed E-state index contributed by atoms with van der Waals surface area (Å²) in [6.45, 7) is 0. The van der Waals surface area contributed by atoms with E-state index in [2.05, 4.69) is 5.10 Å². The highest BCUT2D eigenvalue weighted by molar-refractivity contribution is 5.49. The fraction of sp³-hybridized carbons (Fsp3) is 0. The van der Waals surface area contributed by atoms with Gasteiger partial charge in [0.1, 0.15) is 11.6 Å². The zero-order valence-electron chi connectivity index (χ0n) is 7.92. The van der Waals surface area contributed by atoms with Crippen LogP contribution in [-0.4, -0.2) is 9.78 Å². The average Bonchev–Trinajstić information content (AvgIpc) is 2.53. The van der Waals surface area contributed by atoms with Crippen LogP contribution in [0.4, 0.5) is 24.8 Å². The van der Waals surface area contributed by atoms with E-state index in [0.717, 1.165) is 16.8 Å². The van der Waals surface area contributed by atoms with Crippen molar-refractivity contribution in [3.8, 4) is 5.69 Å². The van der Waals surface area contributed by atoms with Gasteiger partial charge in [-0.1, -0.05) is 0 Å². The number of nitrogens with two attached hydrogens (primary N) is 2. The number of anilines is 2. The number of aromatic nitrogens is 2. The molecule has 2 aromatic rings. The Morgan fingerprint density at radius 2 is 1.56 bits per heavy atom. The quantitative estimate of drug-likeness (QED) is 0.726. The van der Waals surface area contributed by atoms with Crippen LogP contribution in [0.25, 0.3) is 5.69 Å². The summed E-state index contributed by atoms with van der Waals surface area (Å²) in [6, 6.07) is 2.88. The molecule has 84 valence electrons. The first-order chi connectivity index (χ1) is 7.49. The van der Waals surface area contributed by atoms with E-state index in [1.54, 1.807) is 0 Å². The molecule has 0 fully saturated rings. The number of benzene rings is 1. The molecular formula is C9H7F3N4. The summed E-state index contributed by atoms with van der Waals surface area (Å²) in [5.74, 6) is -3.97. The summed E-state index contributed by atoms with van der Waals surface area (Å²) in [5.41, 5.74) is 10.8. The van der Waals surface area contributed by atoms with Crippen LogP contribution >= 0.6 is 0 Å². The van der Waals surface area contributed by atoms with Crippen LogP contribution in [0.2, 0.25) is 0 Å². The molecule has 7 heteroatoms. The van der Waals surface area contributed by atoms with E-state index in [-0.39, 0.29) is 17.3 Å². The van der Waals surface area contributed by atoms with Gasteiger partial charge in [-0.3, -0.25) is 0 Å². The molecule has 0 aliphatic rings. The van der Waals surface area contributed by atoms with Crippen molar-refractivity contribution in [2.45, 2.75) is 0 Å². The number of halogens is 3. The zero-order valence-corrected chi connectivity index (χ0v) is 7.92. The number of rotatable bonds is 1. The van der Waals surface area contributed by atoms with Crippen molar-refractivity contribution in [3.63, 3.8) is 0 Å². The normalized spacial score (nSPS) is 10.7. The molecule has 1 aromatic heterocycles. The second kappa shape index (κ2) is 3.44. The minimum atomic E-state index is -1.54. The molecule has 0 aliphatic heterocycles. The monoisotopic (exact) mass is 228 g/mol. The van der Waals surface area contributed by atoms with Crippen molar-refractivity contribution in [1.82, 2.24) is 9.78 Å². The van der Waals surface area contributed by atoms with E-state index in [9.17, 15) is 13.2 Å². The second-order valence-corrected chi connectivity index (χ2v) is 3.13. The van der Waals surface area contributed by atoms with Gasteiger partial charge >= 0.3 is 0 Å². The summed E-state index contributed by atoms with van der Waals surface area (Å²) in [5, 5.41) is 3.71. The standard InChI is InChI=1S/C9H7F3N4/c10-5-1-4(2-6(11)9(5)12)16-8(14)3-7(13)15-16/h1-3H,14H2,(H2,13,15). The molecule has 0 bridgehead atoms. The molecule has 0 saturated carbocycles. The van der Waals surface area contributed by atoms with Gasteiger partial charge in [0, 0.05) is 18.2 Å². The van der Waals surface area contributed by atoms with Crippen molar-refractivity contribution >= 4 is 11.6 Å². The Bertz CT molecular complexity index is 527. The maximum atomic E-state index is 12.9. The molecule has 4 nitrogen and oxygen atoms in total. The topological polar surface area (TPSA) is 69.9 Å². The van der Waals surface area contributed by atoms with E-state index in [1.165, 1.54) is 6.07 Å². The van der Waals surface area contributed by atoms with Crippen LogP contribution in [0.3, 0.4) is 0 Å². The molecule has 0 spiro atoms. The Balaban J connectivity index is 2.61. The maximum Gasteiger partial charge on any atom is 0.194 e. The summed E-state index contributed by atoms with van der Waals surface area (Å²) in [4.78, 5) is 0. The van der Waals surface area contributed by atoms with Crippen LogP contribution < -0.4 is 11.5 Å². The van der Waals surface area contributed by atoms with Crippen molar-refractivity contribution in [2.24, 2.45) is 0 Å². The first-order valence-corrected chi connectivity index (χ1v) is 4.25. The lowest BCUT2D eigenvalue weighted by atomic mass is 10.3. The molecule has 1 aromatic carbocycles. The third-order valence-electron chi connectivity index (χ3n) is 1.97. The Labute approximate surface area is 88.3 Å². The third-order valence-corrected chi connectivity index (χ3v) is 1.97. The number of hydrogen-bond donors (Lipinski definition) is 2. The fourth-order valence-corrected chi connectivity index (χ4v) is 1.29. The van der Waals surface area contributed by atoms with Gasteiger partial charge in [-0.2, -0.15) is 0 Å². The van der Waals surface area contributed by atoms with Gasteiger partial charge in [-0.05, 0) is 0 Å². The largest absolute Gasteiger partial charge is 0.384 e. The van der Waals surface area contributed by atoms with Gasteiger partial charge in [0.25, 0.3) is 0 Å². The summed E-state index contributed by atoms with van der Waals surface area (Å²) in [6.07, 6.45) is 0. The van der Waals surface area contributed by atoms with E-state index < -0.39 is 17.5 Å². The van der Waals surface area contributed by atoms with Crippen LogP contribution in [0.5, 0.6) is 0 Å². The molecule has 1 heterocycles. The SMILES string of the molecule is Nc1cc(N)n(-c2cc(F)c(F)c(F)c2)n1. The molecule has 4 N–H and O–H groups in total. The van der Waals surface area contributed by atoms with E-state index in [4.69, 9.17) is 11.5 Å². The summed E-state index contributed by atoms with van der Waals surface area (Å²) in [7, 11) is 0. The minimum absolute atomic E-state index is 0.0365. The average molecular weight is 228 g/mol. The molecule has 0 saturated heterocycles. The van der Waals surface area contributed by atoms with Crippen LogP contribution in [0, 0.1) is 17.5 Å². The van der Waals surface area contributed by atoms with E-state index in [0.29, 0.717) is 0 Å². The molecular weight excluding hydrogens is 221 g/mol. The number of hydrogen-bond acceptors (Lipinski definition) is 3. The summed E-state index contributed by atoms with van der Waals surface area (Å²) >= 11 is 0. The molecule has 0 radical (unpaired) electrons.